The van der Waals surface area contributed by atoms with Crippen LogP contribution in [0.15, 0.2) is 67.3 Å². The monoisotopic (exact) mass is 380 g/mol. The second kappa shape index (κ2) is 5.91. The van der Waals surface area contributed by atoms with Crippen LogP contribution in [0.2, 0.25) is 0 Å². The summed E-state index contributed by atoms with van der Waals surface area (Å²) in [6.45, 7) is 4.37. The summed E-state index contributed by atoms with van der Waals surface area (Å²) >= 11 is 0. The predicted octanol–water partition coefficient (Wildman–Crippen LogP) is 4.51. The van der Waals surface area contributed by atoms with Crippen molar-refractivity contribution in [2.24, 2.45) is 0 Å². The molecule has 0 radical (unpaired) electrons. The van der Waals surface area contributed by atoms with Gasteiger partial charge in [0.2, 0.25) is 0 Å². The predicted molar refractivity (Wildman–Crippen MR) is 113 cm³/mol. The smallest absolute Gasteiger partial charge is 0.178 e. The Hall–Kier alpha value is -3.67. The average molecular weight is 380 g/mol. The van der Waals surface area contributed by atoms with Crippen LogP contribution in [0.4, 0.5) is 23.0 Å². The molecule has 0 fully saturated rings. The number of rotatable bonds is 2. The maximum Gasteiger partial charge on any atom is 0.178 e. The Morgan fingerprint density at radius 1 is 0.862 bits per heavy atom. The van der Waals surface area contributed by atoms with Crippen molar-refractivity contribution in [1.82, 2.24) is 19.5 Å². The van der Waals surface area contributed by atoms with E-state index in [1.165, 1.54) is 22.5 Å². The fourth-order valence-corrected chi connectivity index (χ4v) is 4.58. The molecule has 0 amide bonds. The molecule has 2 aromatic heterocycles. The van der Waals surface area contributed by atoms with Gasteiger partial charge in [-0.2, -0.15) is 0 Å². The Balaban J connectivity index is 1.50. The van der Waals surface area contributed by atoms with Gasteiger partial charge in [0.25, 0.3) is 0 Å². The Labute approximate surface area is 169 Å². The van der Waals surface area contributed by atoms with Crippen LogP contribution in [0.1, 0.15) is 23.9 Å². The standard InChI is InChI=1S/C23H20N6/c1-15-12-20-17(14-21-24-10-11-27(20)21)13-19(15)29-16(2)28(18-6-4-3-5-7-18)22-23(29)26-9-8-25-22/h3-13,16H,14H2,1-2H3/t16-/m0/s1. The van der Waals surface area contributed by atoms with Crippen LogP contribution >= 0.6 is 0 Å². The highest BCUT2D eigenvalue weighted by Gasteiger charge is 2.38. The second-order valence-electron chi connectivity index (χ2n) is 7.57. The van der Waals surface area contributed by atoms with Gasteiger partial charge in [-0.15, -0.1) is 0 Å². The first kappa shape index (κ1) is 16.3. The van der Waals surface area contributed by atoms with Crippen molar-refractivity contribution in [2.75, 3.05) is 9.80 Å². The summed E-state index contributed by atoms with van der Waals surface area (Å²) in [6, 6.07) is 14.9. The third-order valence-electron chi connectivity index (χ3n) is 5.88. The molecule has 0 bridgehead atoms. The van der Waals surface area contributed by atoms with Gasteiger partial charge in [0.05, 0.1) is 5.69 Å². The minimum atomic E-state index is 0.0602. The molecule has 6 rings (SSSR count). The van der Waals surface area contributed by atoms with E-state index in [2.05, 4.69) is 74.6 Å². The normalized spacial score (nSPS) is 16.7. The van der Waals surface area contributed by atoms with Gasteiger partial charge in [-0.05, 0) is 49.2 Å². The van der Waals surface area contributed by atoms with Crippen LogP contribution in [0.25, 0.3) is 5.69 Å². The molecule has 6 nitrogen and oxygen atoms in total. The number of nitrogens with zero attached hydrogens (tertiary/aromatic N) is 6. The first-order valence-electron chi connectivity index (χ1n) is 9.83. The largest absolute Gasteiger partial charge is 0.303 e. The molecule has 0 saturated carbocycles. The highest BCUT2D eigenvalue weighted by Crippen LogP contribution is 2.46. The summed E-state index contributed by atoms with van der Waals surface area (Å²) in [7, 11) is 0. The molecule has 4 aromatic rings. The molecule has 0 unspecified atom stereocenters. The molecule has 2 aliphatic heterocycles. The number of benzene rings is 2. The molecule has 0 saturated heterocycles. The number of aryl methyl sites for hydroxylation is 1. The maximum atomic E-state index is 4.71. The highest BCUT2D eigenvalue weighted by molar-refractivity contribution is 5.84. The van der Waals surface area contributed by atoms with Crippen LogP contribution in [0, 0.1) is 6.92 Å². The quantitative estimate of drug-likeness (QED) is 0.451. The van der Waals surface area contributed by atoms with Gasteiger partial charge in [-0.3, -0.25) is 0 Å². The van der Waals surface area contributed by atoms with Crippen molar-refractivity contribution < 1.29 is 0 Å². The van der Waals surface area contributed by atoms with Crippen molar-refractivity contribution in [2.45, 2.75) is 26.4 Å². The number of fused-ring (bicyclic) bond motifs is 4. The molecule has 0 spiro atoms. The van der Waals surface area contributed by atoms with Gasteiger partial charge in [0, 0.05) is 42.6 Å². The molecule has 1 atom stereocenters. The van der Waals surface area contributed by atoms with Crippen molar-refractivity contribution in [3.8, 4) is 5.69 Å². The van der Waals surface area contributed by atoms with Gasteiger partial charge < -0.3 is 14.4 Å². The molecule has 0 N–H and O–H groups in total. The molecule has 2 aliphatic rings. The molecule has 6 heteroatoms. The van der Waals surface area contributed by atoms with E-state index in [1.807, 2.05) is 18.5 Å². The van der Waals surface area contributed by atoms with Crippen molar-refractivity contribution >= 4 is 23.0 Å². The average Bonchev–Trinajstić information content (AvgIpc) is 3.40. The van der Waals surface area contributed by atoms with Crippen LogP contribution in [-0.4, -0.2) is 25.7 Å². The molecule has 29 heavy (non-hydrogen) atoms. The van der Waals surface area contributed by atoms with E-state index in [1.54, 1.807) is 12.4 Å². The maximum absolute atomic E-state index is 4.71. The van der Waals surface area contributed by atoms with Crippen LogP contribution in [-0.2, 0) is 6.42 Å². The summed E-state index contributed by atoms with van der Waals surface area (Å²) in [5, 5.41) is 0. The Morgan fingerprint density at radius 3 is 2.41 bits per heavy atom. The summed E-state index contributed by atoms with van der Waals surface area (Å²) in [4.78, 5) is 18.4. The number of hydrogen-bond donors (Lipinski definition) is 0. The summed E-state index contributed by atoms with van der Waals surface area (Å²) in [5.74, 6) is 2.87. The minimum Gasteiger partial charge on any atom is -0.303 e. The number of aromatic nitrogens is 4. The van der Waals surface area contributed by atoms with E-state index in [9.17, 15) is 0 Å². The first-order valence-corrected chi connectivity index (χ1v) is 9.83. The minimum absolute atomic E-state index is 0.0602. The molecular weight excluding hydrogens is 360 g/mol. The zero-order valence-corrected chi connectivity index (χ0v) is 16.3. The second-order valence-corrected chi connectivity index (χ2v) is 7.57. The van der Waals surface area contributed by atoms with Crippen molar-refractivity contribution in [3.63, 3.8) is 0 Å². The van der Waals surface area contributed by atoms with Gasteiger partial charge in [-0.1, -0.05) is 18.2 Å². The summed E-state index contributed by atoms with van der Waals surface area (Å²) in [6.07, 6.45) is 8.35. The van der Waals surface area contributed by atoms with E-state index >= 15 is 0 Å². The highest BCUT2D eigenvalue weighted by atomic mass is 15.5. The zero-order chi connectivity index (χ0) is 19.5. The lowest BCUT2D eigenvalue weighted by molar-refractivity contribution is 0.752. The number of imidazole rings is 1. The van der Waals surface area contributed by atoms with E-state index in [4.69, 9.17) is 4.98 Å². The Morgan fingerprint density at radius 2 is 1.62 bits per heavy atom. The summed E-state index contributed by atoms with van der Waals surface area (Å²) < 4.78 is 2.18. The van der Waals surface area contributed by atoms with Gasteiger partial charge in [-0.25, -0.2) is 15.0 Å². The van der Waals surface area contributed by atoms with E-state index < -0.39 is 0 Å². The van der Waals surface area contributed by atoms with E-state index in [0.717, 1.165) is 29.6 Å². The molecular formula is C23H20N6. The van der Waals surface area contributed by atoms with Crippen molar-refractivity contribution in [1.29, 1.82) is 0 Å². The first-order chi connectivity index (χ1) is 14.2. The third kappa shape index (κ3) is 2.26. The molecule has 0 aliphatic carbocycles. The lowest BCUT2D eigenvalue weighted by atomic mass is 10.1. The fourth-order valence-electron chi connectivity index (χ4n) is 4.58. The SMILES string of the molecule is Cc1cc2c(cc1N1c3nccnc3N(c3ccccc3)[C@@H]1C)Cc1nccn1-2. The van der Waals surface area contributed by atoms with E-state index in [0.29, 0.717) is 0 Å². The Kier molecular flexibility index (Phi) is 3.32. The molecule has 4 heterocycles. The number of para-hydroxylation sites is 1. The van der Waals surface area contributed by atoms with Gasteiger partial charge in [0.1, 0.15) is 12.0 Å². The number of hydrogen-bond acceptors (Lipinski definition) is 5. The summed E-state index contributed by atoms with van der Waals surface area (Å²) in [5.41, 5.74) is 6.02. The lowest BCUT2D eigenvalue weighted by Crippen LogP contribution is -2.36. The van der Waals surface area contributed by atoms with Crippen molar-refractivity contribution in [3.05, 3.63) is 84.2 Å². The Bertz CT molecular complexity index is 1230. The van der Waals surface area contributed by atoms with Crippen LogP contribution in [0.5, 0.6) is 0 Å². The van der Waals surface area contributed by atoms with Gasteiger partial charge in [0.15, 0.2) is 11.6 Å². The van der Waals surface area contributed by atoms with Crippen LogP contribution in [0.3, 0.4) is 0 Å². The van der Waals surface area contributed by atoms with E-state index in [-0.39, 0.29) is 6.17 Å². The molecule has 142 valence electrons. The zero-order valence-electron chi connectivity index (χ0n) is 16.3. The number of anilines is 4. The topological polar surface area (TPSA) is 50.1 Å². The molecule has 2 aromatic carbocycles. The van der Waals surface area contributed by atoms with Crippen LogP contribution < -0.4 is 9.80 Å². The fraction of sp³-hybridized carbons (Fsp3) is 0.174. The third-order valence-corrected chi connectivity index (χ3v) is 5.88. The lowest BCUT2D eigenvalue weighted by Gasteiger charge is -2.30. The van der Waals surface area contributed by atoms with Gasteiger partial charge >= 0.3 is 0 Å².